The predicted octanol–water partition coefficient (Wildman–Crippen LogP) is 5.39. The van der Waals surface area contributed by atoms with Gasteiger partial charge in [-0.3, -0.25) is 9.52 Å². The van der Waals surface area contributed by atoms with Crippen molar-refractivity contribution in [1.29, 1.82) is 0 Å². The topological polar surface area (TPSA) is 95.5 Å². The van der Waals surface area contributed by atoms with Gasteiger partial charge in [-0.15, -0.1) is 0 Å². The lowest BCUT2D eigenvalue weighted by molar-refractivity contribution is 0.102. The van der Waals surface area contributed by atoms with E-state index in [1.165, 1.54) is 36.4 Å². The number of halogens is 2. The lowest BCUT2D eigenvalue weighted by atomic mass is 10.0. The minimum atomic E-state index is -4.10. The lowest BCUT2D eigenvalue weighted by Crippen LogP contribution is -2.14. The molecule has 0 heterocycles. The summed E-state index contributed by atoms with van der Waals surface area (Å²) in [4.78, 5) is 12.4. The van der Waals surface area contributed by atoms with Gasteiger partial charge in [0, 0.05) is 16.8 Å². The molecule has 0 atom stereocenters. The van der Waals surface area contributed by atoms with Crippen LogP contribution >= 0.6 is 0 Å². The number of carbonyl (C=O) groups is 1. The second kappa shape index (κ2) is 9.32. The minimum absolute atomic E-state index is 0.169. The Morgan fingerprint density at radius 2 is 1.50 bits per heavy atom. The van der Waals surface area contributed by atoms with Crippen molar-refractivity contribution < 1.29 is 27.1 Å². The average Bonchev–Trinajstić information content (AvgIpc) is 2.82. The summed E-state index contributed by atoms with van der Waals surface area (Å²) < 4.78 is 54.4. The molecular weight excluding hydrogens is 462 g/mol. The van der Waals surface area contributed by atoms with Crippen LogP contribution in [0.5, 0.6) is 5.75 Å². The maximum Gasteiger partial charge on any atom is 0.262 e. The van der Waals surface area contributed by atoms with Crippen molar-refractivity contribution in [2.75, 3.05) is 10.0 Å². The maximum atomic E-state index is 14.0. The molecule has 172 valence electrons. The normalized spacial score (nSPS) is 11.1. The van der Waals surface area contributed by atoms with Crippen LogP contribution in [0.4, 0.5) is 20.2 Å². The van der Waals surface area contributed by atoms with Gasteiger partial charge in [0.2, 0.25) is 0 Å². The summed E-state index contributed by atoms with van der Waals surface area (Å²) in [5.74, 6) is -1.82. The number of sulfonamides is 1. The van der Waals surface area contributed by atoms with Crippen LogP contribution < -0.4 is 10.0 Å². The van der Waals surface area contributed by atoms with E-state index in [0.717, 1.165) is 24.3 Å². The zero-order chi connectivity index (χ0) is 24.3. The van der Waals surface area contributed by atoms with Gasteiger partial charge in [-0.05, 0) is 66.2 Å². The number of nitrogens with one attached hydrogen (secondary N) is 2. The number of carbonyl (C=O) groups excluding carboxylic acids is 1. The molecule has 9 heteroatoms. The Balaban J connectivity index is 1.51. The molecule has 6 nitrogen and oxygen atoms in total. The molecule has 3 N–H and O–H groups in total. The fourth-order valence-electron chi connectivity index (χ4n) is 3.21. The second-order valence-electron chi connectivity index (χ2n) is 7.30. The van der Waals surface area contributed by atoms with Crippen LogP contribution in [0.2, 0.25) is 0 Å². The fourth-order valence-corrected chi connectivity index (χ4v) is 4.28. The van der Waals surface area contributed by atoms with E-state index in [2.05, 4.69) is 10.0 Å². The molecule has 0 saturated carbocycles. The molecule has 0 spiro atoms. The van der Waals surface area contributed by atoms with Crippen LogP contribution in [0, 0.1) is 11.6 Å². The zero-order valence-corrected chi connectivity index (χ0v) is 18.3. The van der Waals surface area contributed by atoms with Crippen molar-refractivity contribution in [3.8, 4) is 16.9 Å². The molecule has 0 aliphatic heterocycles. The molecule has 4 aromatic carbocycles. The monoisotopic (exact) mass is 480 g/mol. The Bertz CT molecular complexity index is 1460. The van der Waals surface area contributed by atoms with E-state index in [1.54, 1.807) is 30.3 Å². The largest absolute Gasteiger partial charge is 0.506 e. The Kier molecular flexibility index (Phi) is 6.29. The van der Waals surface area contributed by atoms with Crippen LogP contribution in [0.1, 0.15) is 10.4 Å². The first-order chi connectivity index (χ1) is 16.2. The third kappa shape index (κ3) is 5.05. The molecule has 0 saturated heterocycles. The van der Waals surface area contributed by atoms with E-state index in [0.29, 0.717) is 16.7 Å². The highest BCUT2D eigenvalue weighted by molar-refractivity contribution is 7.92. The van der Waals surface area contributed by atoms with E-state index < -0.39 is 21.7 Å². The van der Waals surface area contributed by atoms with E-state index in [-0.39, 0.29) is 27.8 Å². The summed E-state index contributed by atoms with van der Waals surface area (Å²) in [5.41, 5.74) is 1.36. The van der Waals surface area contributed by atoms with Gasteiger partial charge in [-0.2, -0.15) is 0 Å². The third-order valence-corrected chi connectivity index (χ3v) is 6.34. The first kappa shape index (κ1) is 22.9. The van der Waals surface area contributed by atoms with Gasteiger partial charge in [0.15, 0.2) is 0 Å². The van der Waals surface area contributed by atoms with Crippen molar-refractivity contribution in [2.45, 2.75) is 4.90 Å². The van der Waals surface area contributed by atoms with Crippen molar-refractivity contribution in [2.24, 2.45) is 0 Å². The SMILES string of the molecule is O=C(Nc1ccc(O)c(NS(=O)(=O)c2ccc(F)cc2)c1)c1ccc(-c2ccccc2F)cc1. The number of hydrogen-bond acceptors (Lipinski definition) is 4. The maximum absolute atomic E-state index is 14.0. The number of aromatic hydroxyl groups is 1. The van der Waals surface area contributed by atoms with E-state index in [9.17, 15) is 27.1 Å². The standard InChI is InChI=1S/C25H18F2N2O4S/c26-18-9-12-20(13-10-18)34(32,33)29-23-15-19(11-14-24(23)30)28-25(31)17-7-5-16(6-8-17)21-3-1-2-4-22(21)27/h1-15,29-30H,(H,28,31). The third-order valence-electron chi connectivity index (χ3n) is 4.95. The summed E-state index contributed by atoms with van der Waals surface area (Å²) in [6, 6.07) is 20.7. The van der Waals surface area contributed by atoms with E-state index >= 15 is 0 Å². The predicted molar refractivity (Wildman–Crippen MR) is 125 cm³/mol. The highest BCUT2D eigenvalue weighted by Gasteiger charge is 2.17. The number of rotatable bonds is 6. The Labute approximate surface area is 194 Å². The highest BCUT2D eigenvalue weighted by Crippen LogP contribution is 2.29. The number of phenols is 1. The summed E-state index contributed by atoms with van der Waals surface area (Å²) in [5, 5.41) is 12.7. The van der Waals surface area contributed by atoms with Gasteiger partial charge in [0.25, 0.3) is 15.9 Å². The van der Waals surface area contributed by atoms with E-state index in [4.69, 9.17) is 0 Å². The molecule has 0 unspecified atom stereocenters. The summed E-state index contributed by atoms with van der Waals surface area (Å²) >= 11 is 0. The van der Waals surface area contributed by atoms with Crippen molar-refractivity contribution >= 4 is 27.3 Å². The van der Waals surface area contributed by atoms with Crippen LogP contribution in [0.15, 0.2) is 95.9 Å². The molecule has 34 heavy (non-hydrogen) atoms. The van der Waals surface area contributed by atoms with Crippen LogP contribution in [-0.2, 0) is 10.0 Å². The van der Waals surface area contributed by atoms with Gasteiger partial charge in [0.05, 0.1) is 10.6 Å². The molecule has 0 bridgehead atoms. The first-order valence-corrected chi connectivity index (χ1v) is 11.5. The molecule has 0 radical (unpaired) electrons. The Hall–Kier alpha value is -4.24. The number of amides is 1. The number of benzene rings is 4. The summed E-state index contributed by atoms with van der Waals surface area (Å²) in [6.07, 6.45) is 0. The highest BCUT2D eigenvalue weighted by atomic mass is 32.2. The van der Waals surface area contributed by atoms with Crippen LogP contribution in [0.25, 0.3) is 11.1 Å². The van der Waals surface area contributed by atoms with Gasteiger partial charge in [0.1, 0.15) is 17.4 Å². The van der Waals surface area contributed by atoms with Gasteiger partial charge in [-0.25, -0.2) is 17.2 Å². The van der Waals surface area contributed by atoms with Crippen LogP contribution in [0.3, 0.4) is 0 Å². The first-order valence-electron chi connectivity index (χ1n) is 10.0. The average molecular weight is 480 g/mol. The van der Waals surface area contributed by atoms with Crippen LogP contribution in [-0.4, -0.2) is 19.4 Å². The van der Waals surface area contributed by atoms with E-state index in [1.807, 2.05) is 0 Å². The molecule has 0 aliphatic rings. The lowest BCUT2D eigenvalue weighted by Gasteiger charge is -2.12. The fraction of sp³-hybridized carbons (Fsp3) is 0. The molecular formula is C25H18F2N2O4S. The minimum Gasteiger partial charge on any atom is -0.506 e. The molecule has 0 fully saturated rings. The number of phenolic OH excluding ortho intramolecular Hbond substituents is 1. The molecule has 1 amide bonds. The quantitative estimate of drug-likeness (QED) is 0.255. The number of anilines is 2. The van der Waals surface area contributed by atoms with Crippen molar-refractivity contribution in [3.63, 3.8) is 0 Å². The second-order valence-corrected chi connectivity index (χ2v) is 8.99. The number of hydrogen-bond donors (Lipinski definition) is 3. The molecule has 0 aliphatic carbocycles. The van der Waals surface area contributed by atoms with Crippen molar-refractivity contribution in [1.82, 2.24) is 0 Å². The zero-order valence-electron chi connectivity index (χ0n) is 17.5. The summed E-state index contributed by atoms with van der Waals surface area (Å²) in [6.45, 7) is 0. The smallest absolute Gasteiger partial charge is 0.262 e. The van der Waals surface area contributed by atoms with Gasteiger partial charge < -0.3 is 10.4 Å². The van der Waals surface area contributed by atoms with Gasteiger partial charge in [-0.1, -0.05) is 30.3 Å². The van der Waals surface area contributed by atoms with Crippen molar-refractivity contribution in [3.05, 3.63) is 108 Å². The molecule has 0 aromatic heterocycles. The summed E-state index contributed by atoms with van der Waals surface area (Å²) in [7, 11) is -4.10. The Morgan fingerprint density at radius 1 is 0.824 bits per heavy atom. The van der Waals surface area contributed by atoms with Gasteiger partial charge >= 0.3 is 0 Å². The molecule has 4 rings (SSSR count). The molecule has 4 aromatic rings. The Morgan fingerprint density at radius 3 is 2.18 bits per heavy atom.